The number of carbonyl (C=O) groups is 2. The Labute approximate surface area is 145 Å². The minimum Gasteiger partial charge on any atom is -0.466 e. The van der Waals surface area contributed by atoms with Crippen LogP contribution in [0, 0.1) is 6.92 Å². The molecule has 0 amide bonds. The number of aryl methyl sites for hydroxylation is 1. The summed E-state index contributed by atoms with van der Waals surface area (Å²) in [5, 5.41) is 0. The van der Waals surface area contributed by atoms with E-state index in [2.05, 4.69) is 6.92 Å². The lowest BCUT2D eigenvalue weighted by Crippen LogP contribution is -2.11. The van der Waals surface area contributed by atoms with Gasteiger partial charge in [0.1, 0.15) is 6.61 Å². The Kier molecular flexibility index (Phi) is 10.6. The van der Waals surface area contributed by atoms with E-state index >= 15 is 0 Å². The van der Waals surface area contributed by atoms with Crippen LogP contribution in [0.3, 0.4) is 0 Å². The topological polar surface area (TPSA) is 52.6 Å². The van der Waals surface area contributed by atoms with Crippen LogP contribution in [0.25, 0.3) is 0 Å². The highest BCUT2D eigenvalue weighted by Crippen LogP contribution is 2.09. The van der Waals surface area contributed by atoms with Crippen LogP contribution in [0.15, 0.2) is 24.3 Å². The zero-order valence-electron chi connectivity index (χ0n) is 15.0. The van der Waals surface area contributed by atoms with Crippen LogP contribution >= 0.6 is 0 Å². The molecule has 0 heterocycles. The van der Waals surface area contributed by atoms with E-state index in [0.29, 0.717) is 6.61 Å². The Hall–Kier alpha value is -1.84. The van der Waals surface area contributed by atoms with Crippen LogP contribution in [0.5, 0.6) is 0 Å². The van der Waals surface area contributed by atoms with Crippen LogP contribution in [-0.2, 0) is 25.7 Å². The molecule has 0 aliphatic rings. The van der Waals surface area contributed by atoms with Crippen molar-refractivity contribution in [2.75, 3.05) is 6.61 Å². The maximum atomic E-state index is 11.7. The fraction of sp³-hybridized carbons (Fsp3) is 0.600. The van der Waals surface area contributed by atoms with Crippen LogP contribution in [0.2, 0.25) is 0 Å². The van der Waals surface area contributed by atoms with Gasteiger partial charge in [0.2, 0.25) is 0 Å². The molecule has 1 aromatic carbocycles. The number of rotatable bonds is 12. The van der Waals surface area contributed by atoms with Gasteiger partial charge < -0.3 is 9.47 Å². The van der Waals surface area contributed by atoms with Crippen molar-refractivity contribution in [3.8, 4) is 0 Å². The number of benzene rings is 1. The Bertz CT molecular complexity index is 496. The SMILES string of the molecule is CCCCCCCCOC(=O)CCC(=O)OCc1ccccc1C. The molecule has 1 aromatic rings. The van der Waals surface area contributed by atoms with Gasteiger partial charge in [-0.1, -0.05) is 63.3 Å². The van der Waals surface area contributed by atoms with Gasteiger partial charge in [-0.3, -0.25) is 9.59 Å². The molecule has 1 rings (SSSR count). The van der Waals surface area contributed by atoms with Gasteiger partial charge in [-0.05, 0) is 24.5 Å². The molecular formula is C20H30O4. The Morgan fingerprint density at radius 2 is 1.50 bits per heavy atom. The smallest absolute Gasteiger partial charge is 0.306 e. The number of ether oxygens (including phenoxy) is 2. The van der Waals surface area contributed by atoms with Gasteiger partial charge in [-0.2, -0.15) is 0 Å². The predicted molar refractivity (Wildman–Crippen MR) is 94.5 cm³/mol. The first-order valence-electron chi connectivity index (χ1n) is 8.99. The molecule has 0 spiro atoms. The minimum atomic E-state index is -0.366. The maximum Gasteiger partial charge on any atom is 0.306 e. The first-order valence-corrected chi connectivity index (χ1v) is 8.99. The summed E-state index contributed by atoms with van der Waals surface area (Å²) >= 11 is 0. The largest absolute Gasteiger partial charge is 0.466 e. The van der Waals surface area contributed by atoms with E-state index in [1.807, 2.05) is 31.2 Å². The molecule has 0 bridgehead atoms. The van der Waals surface area contributed by atoms with Gasteiger partial charge in [0.05, 0.1) is 19.4 Å². The molecule has 0 N–H and O–H groups in total. The molecule has 0 aliphatic heterocycles. The first-order chi connectivity index (χ1) is 11.6. The molecule has 0 saturated carbocycles. The minimum absolute atomic E-state index is 0.0706. The highest BCUT2D eigenvalue weighted by atomic mass is 16.5. The summed E-state index contributed by atoms with van der Waals surface area (Å²) in [5.74, 6) is -0.689. The fourth-order valence-electron chi connectivity index (χ4n) is 2.35. The Morgan fingerprint density at radius 3 is 2.21 bits per heavy atom. The first kappa shape index (κ1) is 20.2. The normalized spacial score (nSPS) is 10.4. The van der Waals surface area contributed by atoms with E-state index in [-0.39, 0.29) is 31.4 Å². The van der Waals surface area contributed by atoms with Gasteiger partial charge >= 0.3 is 11.9 Å². The molecule has 24 heavy (non-hydrogen) atoms. The van der Waals surface area contributed by atoms with Gasteiger partial charge in [0.25, 0.3) is 0 Å². The molecule has 4 nitrogen and oxygen atoms in total. The van der Waals surface area contributed by atoms with Crippen molar-refractivity contribution in [2.45, 2.75) is 71.8 Å². The summed E-state index contributed by atoms with van der Waals surface area (Å²) in [6, 6.07) is 7.76. The second-order valence-corrected chi connectivity index (χ2v) is 6.08. The highest BCUT2D eigenvalue weighted by molar-refractivity contribution is 5.77. The maximum absolute atomic E-state index is 11.7. The molecule has 0 radical (unpaired) electrons. The van der Waals surface area contributed by atoms with E-state index < -0.39 is 0 Å². The Morgan fingerprint density at radius 1 is 0.875 bits per heavy atom. The summed E-state index contributed by atoms with van der Waals surface area (Å²) in [6.45, 7) is 4.86. The fourth-order valence-corrected chi connectivity index (χ4v) is 2.35. The van der Waals surface area contributed by atoms with Crippen LogP contribution < -0.4 is 0 Å². The van der Waals surface area contributed by atoms with Crippen molar-refractivity contribution in [2.24, 2.45) is 0 Å². The molecule has 0 aromatic heterocycles. The van der Waals surface area contributed by atoms with Crippen LogP contribution in [0.4, 0.5) is 0 Å². The van der Waals surface area contributed by atoms with Gasteiger partial charge in [-0.25, -0.2) is 0 Å². The van der Waals surface area contributed by atoms with E-state index in [1.54, 1.807) is 0 Å². The summed E-state index contributed by atoms with van der Waals surface area (Å²) in [4.78, 5) is 23.3. The second kappa shape index (κ2) is 12.6. The lowest BCUT2D eigenvalue weighted by Gasteiger charge is -2.07. The monoisotopic (exact) mass is 334 g/mol. The standard InChI is InChI=1S/C20H30O4/c1-3-4-5-6-7-10-15-23-19(21)13-14-20(22)24-16-18-12-9-8-11-17(18)2/h8-9,11-12H,3-7,10,13-16H2,1-2H3. The summed E-state index contributed by atoms with van der Waals surface area (Å²) < 4.78 is 10.3. The number of unbranched alkanes of at least 4 members (excludes halogenated alkanes) is 5. The molecular weight excluding hydrogens is 304 g/mol. The summed E-state index contributed by atoms with van der Waals surface area (Å²) in [7, 11) is 0. The van der Waals surface area contributed by atoms with Crippen molar-refractivity contribution in [3.63, 3.8) is 0 Å². The van der Waals surface area contributed by atoms with E-state index in [0.717, 1.165) is 24.0 Å². The zero-order valence-corrected chi connectivity index (χ0v) is 15.0. The van der Waals surface area contributed by atoms with Crippen molar-refractivity contribution >= 4 is 11.9 Å². The highest BCUT2D eigenvalue weighted by Gasteiger charge is 2.09. The van der Waals surface area contributed by atoms with Crippen molar-refractivity contribution in [1.82, 2.24) is 0 Å². The van der Waals surface area contributed by atoms with Gasteiger partial charge in [0.15, 0.2) is 0 Å². The Balaban J connectivity index is 2.05. The van der Waals surface area contributed by atoms with Crippen molar-refractivity contribution in [3.05, 3.63) is 35.4 Å². The van der Waals surface area contributed by atoms with E-state index in [1.165, 1.54) is 25.7 Å². The third-order valence-corrected chi connectivity index (χ3v) is 3.94. The average Bonchev–Trinajstić information content (AvgIpc) is 2.58. The average molecular weight is 334 g/mol. The van der Waals surface area contributed by atoms with Crippen molar-refractivity contribution in [1.29, 1.82) is 0 Å². The third kappa shape index (κ3) is 9.33. The second-order valence-electron chi connectivity index (χ2n) is 6.08. The van der Waals surface area contributed by atoms with Crippen LogP contribution in [-0.4, -0.2) is 18.5 Å². The molecule has 134 valence electrons. The number of hydrogen-bond donors (Lipinski definition) is 0. The van der Waals surface area contributed by atoms with Crippen molar-refractivity contribution < 1.29 is 19.1 Å². The quantitative estimate of drug-likeness (QED) is 0.410. The van der Waals surface area contributed by atoms with E-state index in [4.69, 9.17) is 9.47 Å². The molecule has 0 atom stereocenters. The van der Waals surface area contributed by atoms with E-state index in [9.17, 15) is 9.59 Å². The van der Waals surface area contributed by atoms with Gasteiger partial charge in [-0.15, -0.1) is 0 Å². The zero-order chi connectivity index (χ0) is 17.6. The molecule has 0 fully saturated rings. The number of hydrogen-bond acceptors (Lipinski definition) is 4. The number of esters is 2. The van der Waals surface area contributed by atoms with Gasteiger partial charge in [0, 0.05) is 0 Å². The summed E-state index contributed by atoms with van der Waals surface area (Å²) in [6.07, 6.45) is 7.08. The molecule has 0 unspecified atom stereocenters. The van der Waals surface area contributed by atoms with Crippen LogP contribution in [0.1, 0.15) is 69.4 Å². The molecule has 0 aliphatic carbocycles. The molecule has 4 heteroatoms. The predicted octanol–water partition coefficient (Wildman–Crippen LogP) is 4.72. The summed E-state index contributed by atoms with van der Waals surface area (Å²) in [5.41, 5.74) is 2.07. The number of carbonyl (C=O) groups excluding carboxylic acids is 2. The third-order valence-electron chi connectivity index (χ3n) is 3.94. The lowest BCUT2D eigenvalue weighted by molar-refractivity contribution is -0.151. The molecule has 0 saturated heterocycles. The lowest BCUT2D eigenvalue weighted by atomic mass is 10.1.